The van der Waals surface area contributed by atoms with Crippen molar-refractivity contribution in [2.45, 2.75) is 65.0 Å². The number of aliphatic hydroxyl groups is 1. The summed E-state index contributed by atoms with van der Waals surface area (Å²) < 4.78 is 6.44. The van der Waals surface area contributed by atoms with Crippen molar-refractivity contribution in [1.29, 1.82) is 0 Å². The summed E-state index contributed by atoms with van der Waals surface area (Å²) in [5, 5.41) is 9.60. The maximum absolute atomic E-state index is 9.38. The molecule has 0 saturated heterocycles. The first-order valence-corrected chi connectivity index (χ1v) is 10.7. The fraction of sp³-hybridized carbons (Fsp3) is 0.556. The first kappa shape index (κ1) is 18.1. The first-order chi connectivity index (χ1) is 9.71. The molecule has 2 nitrogen and oxygen atoms in total. The molecular weight excluding hydrogens is 276 g/mol. The van der Waals surface area contributed by atoms with Crippen molar-refractivity contribution in [3.8, 4) is 0 Å². The zero-order valence-corrected chi connectivity index (χ0v) is 15.3. The average Bonchev–Trinajstić information content (AvgIpc) is 2.42. The minimum atomic E-state index is -1.75. The normalized spacial score (nSPS) is 14.6. The minimum Gasteiger partial charge on any atom is -0.411 e. The molecule has 1 N–H and O–H groups in total. The van der Waals surface area contributed by atoms with E-state index in [1.165, 1.54) is 0 Å². The Kier molecular flexibility index (Phi) is 6.38. The average molecular weight is 307 g/mol. The maximum atomic E-state index is 9.38. The van der Waals surface area contributed by atoms with Crippen LogP contribution in [0.3, 0.4) is 0 Å². The Hall–Kier alpha value is -0.903. The van der Waals surface area contributed by atoms with Gasteiger partial charge in [0, 0.05) is 0 Å². The van der Waals surface area contributed by atoms with E-state index in [2.05, 4.69) is 52.9 Å². The summed E-state index contributed by atoms with van der Waals surface area (Å²) in [7, 11) is -1.75. The van der Waals surface area contributed by atoms with Gasteiger partial charge in [-0.25, -0.2) is 0 Å². The SMILES string of the molecule is CC[C@H](/C=C/c1ccccc1CO)O[Si](C)(C)C(C)(C)C. The largest absolute Gasteiger partial charge is 0.411 e. The Morgan fingerprint density at radius 3 is 2.38 bits per heavy atom. The quantitative estimate of drug-likeness (QED) is 0.750. The Morgan fingerprint density at radius 1 is 1.24 bits per heavy atom. The Morgan fingerprint density at radius 2 is 1.86 bits per heavy atom. The lowest BCUT2D eigenvalue weighted by molar-refractivity contribution is 0.221. The molecule has 0 radical (unpaired) electrons. The highest BCUT2D eigenvalue weighted by molar-refractivity contribution is 6.74. The van der Waals surface area contributed by atoms with Crippen molar-refractivity contribution in [3.63, 3.8) is 0 Å². The fourth-order valence-electron chi connectivity index (χ4n) is 1.87. The second-order valence-corrected chi connectivity index (χ2v) is 11.8. The van der Waals surface area contributed by atoms with Crippen LogP contribution in [0.15, 0.2) is 30.3 Å². The van der Waals surface area contributed by atoms with E-state index in [1.807, 2.05) is 24.3 Å². The van der Waals surface area contributed by atoms with Crippen molar-refractivity contribution in [3.05, 3.63) is 41.5 Å². The van der Waals surface area contributed by atoms with Crippen LogP contribution < -0.4 is 0 Å². The third-order valence-electron chi connectivity index (χ3n) is 4.37. The van der Waals surface area contributed by atoms with E-state index < -0.39 is 8.32 Å². The lowest BCUT2D eigenvalue weighted by Gasteiger charge is -2.38. The molecule has 0 aliphatic heterocycles. The van der Waals surface area contributed by atoms with Gasteiger partial charge in [0.05, 0.1) is 12.7 Å². The molecular formula is C18H30O2Si. The smallest absolute Gasteiger partial charge is 0.192 e. The second-order valence-electron chi connectivity index (χ2n) is 7.04. The number of hydrogen-bond donors (Lipinski definition) is 1. The highest BCUT2D eigenvalue weighted by atomic mass is 28.4. The van der Waals surface area contributed by atoms with Gasteiger partial charge in [0.1, 0.15) is 0 Å². The molecule has 1 atom stereocenters. The van der Waals surface area contributed by atoms with Gasteiger partial charge in [-0.2, -0.15) is 0 Å². The molecule has 0 bridgehead atoms. The molecule has 1 aromatic rings. The summed E-state index contributed by atoms with van der Waals surface area (Å²) >= 11 is 0. The van der Waals surface area contributed by atoms with E-state index in [9.17, 15) is 5.11 Å². The maximum Gasteiger partial charge on any atom is 0.192 e. The van der Waals surface area contributed by atoms with Gasteiger partial charge in [0.25, 0.3) is 0 Å². The standard InChI is InChI=1S/C18H30O2Si/c1-7-17(20-21(5,6)18(2,3)4)13-12-15-10-8-9-11-16(15)14-19/h8-13,17,19H,7,14H2,1-6H3/b13-12+/t17-/m1/s1. The van der Waals surface area contributed by atoms with Crippen LogP contribution in [0.4, 0.5) is 0 Å². The summed E-state index contributed by atoms with van der Waals surface area (Å²) in [4.78, 5) is 0. The van der Waals surface area contributed by atoms with Crippen molar-refractivity contribution >= 4 is 14.4 Å². The lowest BCUT2D eigenvalue weighted by Crippen LogP contribution is -2.43. The predicted octanol–water partition coefficient (Wildman–Crippen LogP) is 4.99. The van der Waals surface area contributed by atoms with Gasteiger partial charge in [-0.3, -0.25) is 0 Å². The molecule has 0 spiro atoms. The molecule has 0 aliphatic rings. The highest BCUT2D eigenvalue weighted by Crippen LogP contribution is 2.37. The van der Waals surface area contributed by atoms with Gasteiger partial charge in [-0.15, -0.1) is 0 Å². The second kappa shape index (κ2) is 7.39. The molecule has 0 unspecified atom stereocenters. The molecule has 1 rings (SSSR count). The molecule has 0 saturated carbocycles. The molecule has 0 heterocycles. The van der Waals surface area contributed by atoms with Crippen LogP contribution in [0.1, 0.15) is 45.2 Å². The van der Waals surface area contributed by atoms with Gasteiger partial charge in [-0.05, 0) is 35.7 Å². The van der Waals surface area contributed by atoms with Gasteiger partial charge >= 0.3 is 0 Å². The zero-order valence-electron chi connectivity index (χ0n) is 14.3. The highest BCUT2D eigenvalue weighted by Gasteiger charge is 2.38. The van der Waals surface area contributed by atoms with Gasteiger partial charge < -0.3 is 9.53 Å². The molecule has 118 valence electrons. The Labute approximate surface area is 131 Å². The summed E-state index contributed by atoms with van der Waals surface area (Å²) in [6.45, 7) is 13.6. The summed E-state index contributed by atoms with van der Waals surface area (Å²) in [6.07, 6.45) is 5.31. The first-order valence-electron chi connectivity index (χ1n) is 7.76. The third kappa shape index (κ3) is 5.10. The van der Waals surface area contributed by atoms with Gasteiger partial charge in [0.15, 0.2) is 8.32 Å². The Bertz CT molecular complexity index is 472. The van der Waals surface area contributed by atoms with E-state index in [4.69, 9.17) is 4.43 Å². The Balaban J connectivity index is 2.85. The predicted molar refractivity (Wildman–Crippen MR) is 93.8 cm³/mol. The van der Waals surface area contributed by atoms with Crippen molar-refractivity contribution in [2.24, 2.45) is 0 Å². The molecule has 0 aromatic heterocycles. The summed E-state index contributed by atoms with van der Waals surface area (Å²) in [6, 6.07) is 7.93. The molecule has 3 heteroatoms. The van der Waals surface area contributed by atoms with Crippen molar-refractivity contribution in [2.75, 3.05) is 0 Å². The summed E-state index contributed by atoms with van der Waals surface area (Å²) in [5.74, 6) is 0. The minimum absolute atomic E-state index is 0.0698. The molecule has 0 fully saturated rings. The van der Waals surface area contributed by atoms with Gasteiger partial charge in [0.2, 0.25) is 0 Å². The molecule has 21 heavy (non-hydrogen) atoms. The number of hydrogen-bond acceptors (Lipinski definition) is 2. The van der Waals surface area contributed by atoms with E-state index >= 15 is 0 Å². The number of rotatable bonds is 6. The van der Waals surface area contributed by atoms with E-state index in [-0.39, 0.29) is 17.7 Å². The van der Waals surface area contributed by atoms with Gasteiger partial charge in [-0.1, -0.05) is 64.1 Å². The molecule has 1 aromatic carbocycles. The summed E-state index contributed by atoms with van der Waals surface area (Å²) in [5.41, 5.74) is 2.02. The van der Waals surface area contributed by atoms with Crippen LogP contribution in [-0.4, -0.2) is 19.5 Å². The fourth-order valence-corrected chi connectivity index (χ4v) is 3.22. The van der Waals surface area contributed by atoms with Crippen molar-refractivity contribution < 1.29 is 9.53 Å². The van der Waals surface area contributed by atoms with Crippen molar-refractivity contribution in [1.82, 2.24) is 0 Å². The topological polar surface area (TPSA) is 29.5 Å². The van der Waals surface area contributed by atoms with Crippen LogP contribution in [-0.2, 0) is 11.0 Å². The monoisotopic (exact) mass is 306 g/mol. The van der Waals surface area contributed by atoms with Crippen LogP contribution in [0.25, 0.3) is 6.08 Å². The van der Waals surface area contributed by atoms with Crippen LogP contribution in [0.5, 0.6) is 0 Å². The number of benzene rings is 1. The van der Waals surface area contributed by atoms with Crippen LogP contribution >= 0.6 is 0 Å². The molecule has 0 aliphatic carbocycles. The zero-order chi connectivity index (χ0) is 16.1. The molecule has 0 amide bonds. The van der Waals surface area contributed by atoms with E-state index in [0.717, 1.165) is 17.5 Å². The number of aliphatic hydroxyl groups excluding tert-OH is 1. The van der Waals surface area contributed by atoms with E-state index in [1.54, 1.807) is 0 Å². The van der Waals surface area contributed by atoms with E-state index in [0.29, 0.717) is 0 Å². The third-order valence-corrected chi connectivity index (χ3v) is 8.87. The lowest BCUT2D eigenvalue weighted by atomic mass is 10.1. The van der Waals surface area contributed by atoms with Crippen LogP contribution in [0.2, 0.25) is 18.1 Å². The van der Waals surface area contributed by atoms with Crippen LogP contribution in [0, 0.1) is 0 Å².